The fourth-order valence-electron chi connectivity index (χ4n) is 1.22. The maximum Gasteiger partial charge on any atom is 0.309 e. The van der Waals surface area contributed by atoms with Crippen molar-refractivity contribution in [1.82, 2.24) is 0 Å². The van der Waals surface area contributed by atoms with Gasteiger partial charge in [-0.15, -0.1) is 0 Å². The standard InChI is InChI=1S/C11H15NO5S/c1-9(2)6-7-18(15,16)17-11-5-3-4-10(8-11)12(13)14/h3-5,8-9H,6-7H2,1-2H3. The van der Waals surface area contributed by atoms with Crippen LogP contribution in [0.2, 0.25) is 0 Å². The molecule has 0 saturated heterocycles. The van der Waals surface area contributed by atoms with Gasteiger partial charge >= 0.3 is 10.1 Å². The van der Waals surface area contributed by atoms with Gasteiger partial charge in [0, 0.05) is 6.07 Å². The predicted molar refractivity (Wildman–Crippen MR) is 67.0 cm³/mol. The van der Waals surface area contributed by atoms with Crippen LogP contribution in [0.15, 0.2) is 24.3 Å². The molecule has 0 bridgehead atoms. The van der Waals surface area contributed by atoms with Crippen LogP contribution < -0.4 is 4.18 Å². The average molecular weight is 273 g/mol. The molecule has 6 nitrogen and oxygen atoms in total. The van der Waals surface area contributed by atoms with Crippen LogP contribution in [-0.4, -0.2) is 19.1 Å². The average Bonchev–Trinajstić information content (AvgIpc) is 2.26. The van der Waals surface area contributed by atoms with Crippen LogP contribution in [0.1, 0.15) is 20.3 Å². The molecule has 0 atom stereocenters. The maximum absolute atomic E-state index is 11.6. The topological polar surface area (TPSA) is 86.5 Å². The van der Waals surface area contributed by atoms with E-state index in [0.717, 1.165) is 6.07 Å². The second-order valence-electron chi connectivity index (χ2n) is 4.28. The van der Waals surface area contributed by atoms with Gasteiger partial charge in [0.1, 0.15) is 5.75 Å². The third kappa shape index (κ3) is 4.70. The molecular formula is C11H15NO5S. The van der Waals surface area contributed by atoms with Crippen LogP contribution in [0, 0.1) is 16.0 Å². The maximum atomic E-state index is 11.6. The molecule has 0 aromatic heterocycles. The molecule has 1 aromatic carbocycles. The molecule has 18 heavy (non-hydrogen) atoms. The van der Waals surface area contributed by atoms with Crippen molar-refractivity contribution in [1.29, 1.82) is 0 Å². The van der Waals surface area contributed by atoms with E-state index in [1.54, 1.807) is 0 Å². The van der Waals surface area contributed by atoms with E-state index in [0.29, 0.717) is 6.42 Å². The van der Waals surface area contributed by atoms with Gasteiger partial charge in [0.05, 0.1) is 16.7 Å². The van der Waals surface area contributed by atoms with Crippen molar-refractivity contribution in [3.8, 4) is 5.75 Å². The molecule has 0 amide bonds. The summed E-state index contributed by atoms with van der Waals surface area (Å²) < 4.78 is 28.0. The van der Waals surface area contributed by atoms with E-state index >= 15 is 0 Å². The van der Waals surface area contributed by atoms with Crippen molar-refractivity contribution >= 4 is 15.8 Å². The molecule has 0 heterocycles. The summed E-state index contributed by atoms with van der Waals surface area (Å²) in [5.41, 5.74) is -0.202. The number of benzene rings is 1. The minimum absolute atomic E-state index is 0.0343. The summed E-state index contributed by atoms with van der Waals surface area (Å²) in [6.07, 6.45) is 0.483. The van der Waals surface area contributed by atoms with Gasteiger partial charge < -0.3 is 4.18 Å². The van der Waals surface area contributed by atoms with E-state index in [4.69, 9.17) is 4.18 Å². The molecule has 0 spiro atoms. The molecule has 0 N–H and O–H groups in total. The third-order valence-electron chi connectivity index (χ3n) is 2.20. The van der Waals surface area contributed by atoms with Gasteiger partial charge in [-0.05, 0) is 18.4 Å². The number of nitrogens with zero attached hydrogens (tertiary/aromatic N) is 1. The lowest BCUT2D eigenvalue weighted by Gasteiger charge is -2.08. The summed E-state index contributed by atoms with van der Waals surface area (Å²) in [5.74, 6) is 0.106. The molecule has 0 unspecified atom stereocenters. The molecule has 7 heteroatoms. The lowest BCUT2D eigenvalue weighted by Crippen LogP contribution is -2.15. The van der Waals surface area contributed by atoms with Gasteiger partial charge in [0.2, 0.25) is 0 Å². The summed E-state index contributed by atoms with van der Waals surface area (Å²) in [7, 11) is -3.69. The molecule has 1 rings (SSSR count). The Hall–Kier alpha value is -1.63. The van der Waals surface area contributed by atoms with Crippen LogP contribution in [0.5, 0.6) is 5.75 Å². The minimum Gasteiger partial charge on any atom is -0.382 e. The van der Waals surface area contributed by atoms with E-state index in [2.05, 4.69) is 0 Å². The summed E-state index contributed by atoms with van der Waals surface area (Å²) in [4.78, 5) is 9.93. The monoisotopic (exact) mass is 273 g/mol. The third-order valence-corrected chi connectivity index (χ3v) is 3.38. The van der Waals surface area contributed by atoms with E-state index in [-0.39, 0.29) is 23.1 Å². The van der Waals surface area contributed by atoms with Crippen molar-refractivity contribution in [2.75, 3.05) is 5.75 Å². The lowest BCUT2D eigenvalue weighted by atomic mass is 10.2. The number of hydrogen-bond donors (Lipinski definition) is 0. The van der Waals surface area contributed by atoms with Crippen molar-refractivity contribution < 1.29 is 17.5 Å². The van der Waals surface area contributed by atoms with Gasteiger partial charge in [-0.3, -0.25) is 10.1 Å². The van der Waals surface area contributed by atoms with E-state index in [1.165, 1.54) is 18.2 Å². The number of nitro benzene ring substituents is 1. The second kappa shape index (κ2) is 5.81. The zero-order chi connectivity index (χ0) is 13.8. The Bertz CT molecular complexity index is 524. The zero-order valence-corrected chi connectivity index (χ0v) is 11.0. The Labute approximate surface area is 106 Å². The molecule has 1 aromatic rings. The largest absolute Gasteiger partial charge is 0.382 e. The number of rotatable bonds is 6. The zero-order valence-electron chi connectivity index (χ0n) is 10.2. The van der Waals surface area contributed by atoms with Crippen LogP contribution in [-0.2, 0) is 10.1 Å². The Morgan fingerprint density at radius 1 is 1.39 bits per heavy atom. The first kappa shape index (κ1) is 14.4. The van der Waals surface area contributed by atoms with Gasteiger partial charge in [-0.2, -0.15) is 8.42 Å². The molecule has 0 aliphatic heterocycles. The first-order valence-corrected chi connectivity index (χ1v) is 7.04. The van der Waals surface area contributed by atoms with E-state index < -0.39 is 15.0 Å². The SMILES string of the molecule is CC(C)CCS(=O)(=O)Oc1cccc([N+](=O)[O-])c1. The molecule has 0 aliphatic rings. The normalized spacial score (nSPS) is 11.5. The molecule has 0 fully saturated rings. The van der Waals surface area contributed by atoms with Crippen LogP contribution in [0.25, 0.3) is 0 Å². The highest BCUT2D eigenvalue weighted by Gasteiger charge is 2.15. The Balaban J connectivity index is 2.78. The lowest BCUT2D eigenvalue weighted by molar-refractivity contribution is -0.384. The van der Waals surface area contributed by atoms with Gasteiger partial charge in [-0.1, -0.05) is 19.9 Å². The molecule has 0 radical (unpaired) electrons. The van der Waals surface area contributed by atoms with Crippen LogP contribution >= 0.6 is 0 Å². The highest BCUT2D eigenvalue weighted by Crippen LogP contribution is 2.21. The second-order valence-corrected chi connectivity index (χ2v) is 5.97. The highest BCUT2D eigenvalue weighted by atomic mass is 32.2. The van der Waals surface area contributed by atoms with Crippen molar-refractivity contribution in [2.24, 2.45) is 5.92 Å². The molecule has 0 aliphatic carbocycles. The van der Waals surface area contributed by atoms with Gasteiger partial charge in [-0.25, -0.2) is 0 Å². The molecular weight excluding hydrogens is 258 g/mol. The summed E-state index contributed by atoms with van der Waals surface area (Å²) in [6, 6.07) is 5.12. The van der Waals surface area contributed by atoms with E-state index in [9.17, 15) is 18.5 Å². The fraction of sp³-hybridized carbons (Fsp3) is 0.455. The Kier molecular flexibility index (Phi) is 4.66. The number of hydrogen-bond acceptors (Lipinski definition) is 5. The van der Waals surface area contributed by atoms with Crippen LogP contribution in [0.3, 0.4) is 0 Å². The predicted octanol–water partition coefficient (Wildman–Crippen LogP) is 2.35. The quantitative estimate of drug-likeness (QED) is 0.451. The van der Waals surface area contributed by atoms with Crippen molar-refractivity contribution in [3.63, 3.8) is 0 Å². The van der Waals surface area contributed by atoms with Crippen molar-refractivity contribution in [3.05, 3.63) is 34.4 Å². The Morgan fingerprint density at radius 3 is 2.61 bits per heavy atom. The first-order chi connectivity index (χ1) is 8.30. The van der Waals surface area contributed by atoms with Gasteiger partial charge in [0.25, 0.3) is 5.69 Å². The minimum atomic E-state index is -3.69. The number of nitro groups is 1. The summed E-state index contributed by atoms with van der Waals surface area (Å²) in [5, 5.41) is 10.5. The summed E-state index contributed by atoms with van der Waals surface area (Å²) >= 11 is 0. The van der Waals surface area contributed by atoms with E-state index in [1.807, 2.05) is 13.8 Å². The first-order valence-electron chi connectivity index (χ1n) is 5.47. The Morgan fingerprint density at radius 2 is 2.06 bits per heavy atom. The summed E-state index contributed by atoms with van der Waals surface area (Å²) in [6.45, 7) is 3.81. The fourth-order valence-corrected chi connectivity index (χ4v) is 2.46. The molecule has 100 valence electrons. The van der Waals surface area contributed by atoms with Crippen molar-refractivity contribution in [2.45, 2.75) is 20.3 Å². The highest BCUT2D eigenvalue weighted by molar-refractivity contribution is 7.87. The van der Waals surface area contributed by atoms with Crippen LogP contribution in [0.4, 0.5) is 5.69 Å². The molecule has 0 saturated carbocycles. The number of non-ortho nitro benzene ring substituents is 1. The van der Waals surface area contributed by atoms with Gasteiger partial charge in [0.15, 0.2) is 0 Å². The smallest absolute Gasteiger partial charge is 0.309 e.